The van der Waals surface area contributed by atoms with E-state index < -0.39 is 0 Å². The van der Waals surface area contributed by atoms with Crippen molar-refractivity contribution in [1.82, 2.24) is 4.90 Å². The van der Waals surface area contributed by atoms with Gasteiger partial charge in [-0.2, -0.15) is 0 Å². The van der Waals surface area contributed by atoms with Gasteiger partial charge in [-0.15, -0.1) is 0 Å². The average molecular weight is 299 g/mol. The predicted molar refractivity (Wildman–Crippen MR) is 83.8 cm³/mol. The largest absolute Gasteiger partial charge is 0.464 e. The van der Waals surface area contributed by atoms with Gasteiger partial charge in [-0.25, -0.2) is 4.79 Å². The molecule has 2 bridgehead atoms. The molecule has 1 aromatic heterocycles. The van der Waals surface area contributed by atoms with Crippen LogP contribution >= 0.6 is 0 Å². The molecule has 2 aliphatic rings. The fourth-order valence-corrected chi connectivity index (χ4v) is 4.11. The normalized spacial score (nSPS) is 31.5. The summed E-state index contributed by atoms with van der Waals surface area (Å²) in [6, 6.07) is 8.46. The van der Waals surface area contributed by atoms with Gasteiger partial charge >= 0.3 is 5.97 Å². The highest BCUT2D eigenvalue weighted by Gasteiger charge is 2.46. The second-order valence-electron chi connectivity index (χ2n) is 6.97. The number of furan rings is 1. The first-order chi connectivity index (χ1) is 10.5. The van der Waals surface area contributed by atoms with E-state index in [1.807, 2.05) is 18.2 Å². The maximum atomic E-state index is 12.5. The van der Waals surface area contributed by atoms with Gasteiger partial charge in [-0.1, -0.05) is 6.07 Å². The molecule has 0 N–H and O–H groups in total. The van der Waals surface area contributed by atoms with Crippen LogP contribution in [0.1, 0.15) is 43.0 Å². The summed E-state index contributed by atoms with van der Waals surface area (Å²) >= 11 is 0. The van der Waals surface area contributed by atoms with E-state index >= 15 is 0 Å². The Kier molecular flexibility index (Phi) is 3.05. The summed E-state index contributed by atoms with van der Waals surface area (Å²) in [6.45, 7) is 2.08. The van der Waals surface area contributed by atoms with Gasteiger partial charge in [0.2, 0.25) is 0 Å². The smallest absolute Gasteiger partial charge is 0.338 e. The van der Waals surface area contributed by atoms with E-state index in [9.17, 15) is 4.79 Å². The highest BCUT2D eigenvalue weighted by Crippen LogP contribution is 2.41. The SMILES string of the molecule is CN1[C@@H]2CC[C@H]1CC(C)(OC(=O)c1ccc3ccoc3c1)C2. The van der Waals surface area contributed by atoms with Gasteiger partial charge in [-0.3, -0.25) is 0 Å². The molecule has 0 spiro atoms. The molecule has 3 atom stereocenters. The van der Waals surface area contributed by atoms with Crippen molar-refractivity contribution in [3.63, 3.8) is 0 Å². The van der Waals surface area contributed by atoms with E-state index in [0.29, 0.717) is 17.6 Å². The summed E-state index contributed by atoms with van der Waals surface area (Å²) in [5, 5.41) is 1.00. The van der Waals surface area contributed by atoms with E-state index in [1.54, 1.807) is 12.3 Å². The van der Waals surface area contributed by atoms with E-state index in [0.717, 1.165) is 23.8 Å². The van der Waals surface area contributed by atoms with Crippen molar-refractivity contribution in [3.05, 3.63) is 36.1 Å². The fourth-order valence-electron chi connectivity index (χ4n) is 4.11. The Hall–Kier alpha value is -1.81. The van der Waals surface area contributed by atoms with Crippen LogP contribution in [-0.4, -0.2) is 35.6 Å². The molecule has 4 nitrogen and oxygen atoms in total. The van der Waals surface area contributed by atoms with E-state index in [1.165, 1.54) is 12.8 Å². The molecule has 22 heavy (non-hydrogen) atoms. The van der Waals surface area contributed by atoms with Gasteiger partial charge in [0.15, 0.2) is 0 Å². The zero-order valence-electron chi connectivity index (χ0n) is 13.0. The first-order valence-corrected chi connectivity index (χ1v) is 7.97. The molecule has 4 heteroatoms. The van der Waals surface area contributed by atoms with Gasteiger partial charge in [0.05, 0.1) is 11.8 Å². The quantitative estimate of drug-likeness (QED) is 0.795. The number of rotatable bonds is 2. The highest BCUT2D eigenvalue weighted by atomic mass is 16.6. The van der Waals surface area contributed by atoms with Crippen molar-refractivity contribution in [2.24, 2.45) is 0 Å². The monoisotopic (exact) mass is 299 g/mol. The van der Waals surface area contributed by atoms with E-state index in [4.69, 9.17) is 9.15 Å². The zero-order chi connectivity index (χ0) is 15.3. The van der Waals surface area contributed by atoms with Crippen molar-refractivity contribution in [3.8, 4) is 0 Å². The number of esters is 1. The van der Waals surface area contributed by atoms with Gasteiger partial charge in [-0.05, 0) is 45.0 Å². The summed E-state index contributed by atoms with van der Waals surface area (Å²) in [6.07, 6.45) is 5.92. The predicted octanol–water partition coefficient (Wildman–Crippen LogP) is 3.60. The van der Waals surface area contributed by atoms with Crippen LogP contribution in [0.4, 0.5) is 0 Å². The lowest BCUT2D eigenvalue weighted by atomic mass is 9.88. The molecule has 1 aromatic carbocycles. The summed E-state index contributed by atoms with van der Waals surface area (Å²) < 4.78 is 11.3. The first-order valence-electron chi connectivity index (χ1n) is 7.97. The third-order valence-corrected chi connectivity index (χ3v) is 5.35. The summed E-state index contributed by atoms with van der Waals surface area (Å²) in [5.41, 5.74) is 0.936. The van der Waals surface area contributed by atoms with E-state index in [-0.39, 0.29) is 11.6 Å². The van der Waals surface area contributed by atoms with Crippen LogP contribution in [0.2, 0.25) is 0 Å². The summed E-state index contributed by atoms with van der Waals surface area (Å²) in [4.78, 5) is 15.0. The third-order valence-electron chi connectivity index (χ3n) is 5.35. The van der Waals surface area contributed by atoms with Gasteiger partial charge in [0.1, 0.15) is 11.2 Å². The second kappa shape index (κ2) is 4.85. The minimum atomic E-state index is -0.354. The van der Waals surface area contributed by atoms with Crippen molar-refractivity contribution in [2.45, 2.75) is 50.3 Å². The molecule has 2 saturated heterocycles. The number of fused-ring (bicyclic) bond motifs is 3. The molecule has 3 heterocycles. The van der Waals surface area contributed by atoms with Crippen molar-refractivity contribution in [1.29, 1.82) is 0 Å². The second-order valence-corrected chi connectivity index (χ2v) is 6.97. The number of carbonyl (C=O) groups is 1. The Morgan fingerprint density at radius 1 is 1.27 bits per heavy atom. The summed E-state index contributed by atoms with van der Waals surface area (Å²) in [5.74, 6) is -0.246. The maximum absolute atomic E-state index is 12.5. The number of hydrogen-bond donors (Lipinski definition) is 0. The minimum absolute atomic E-state index is 0.246. The summed E-state index contributed by atoms with van der Waals surface area (Å²) in [7, 11) is 2.19. The molecule has 2 aromatic rings. The van der Waals surface area contributed by atoms with Crippen molar-refractivity contribution < 1.29 is 13.9 Å². The van der Waals surface area contributed by atoms with Gasteiger partial charge in [0, 0.05) is 30.3 Å². The Morgan fingerprint density at radius 2 is 2.00 bits per heavy atom. The number of ether oxygens (including phenoxy) is 1. The molecule has 1 unspecified atom stereocenters. The molecule has 116 valence electrons. The standard InChI is InChI=1S/C18H21NO3/c1-18(10-14-5-6-15(11-18)19(14)2)22-17(20)13-4-3-12-7-8-21-16(12)9-13/h3-4,7-9,14-15H,5-6,10-11H2,1-2H3/t14-,15+,18?. The van der Waals surface area contributed by atoms with Crippen molar-refractivity contribution >= 4 is 16.9 Å². The van der Waals surface area contributed by atoms with Crippen LogP contribution in [-0.2, 0) is 4.74 Å². The number of carbonyl (C=O) groups excluding carboxylic acids is 1. The number of nitrogens with zero attached hydrogens (tertiary/aromatic N) is 1. The first kappa shape index (κ1) is 13.8. The maximum Gasteiger partial charge on any atom is 0.338 e. The van der Waals surface area contributed by atoms with Crippen LogP contribution in [0.15, 0.2) is 34.9 Å². The van der Waals surface area contributed by atoms with Crippen molar-refractivity contribution in [2.75, 3.05) is 7.05 Å². The van der Waals surface area contributed by atoms with Crippen LogP contribution in [0.25, 0.3) is 11.0 Å². The molecule has 0 radical (unpaired) electrons. The number of hydrogen-bond acceptors (Lipinski definition) is 4. The molecule has 0 aliphatic carbocycles. The lowest BCUT2D eigenvalue weighted by molar-refractivity contribution is -0.0556. The molecule has 0 saturated carbocycles. The van der Waals surface area contributed by atoms with Crippen LogP contribution < -0.4 is 0 Å². The topological polar surface area (TPSA) is 42.7 Å². The van der Waals surface area contributed by atoms with Crippen LogP contribution in [0.5, 0.6) is 0 Å². The zero-order valence-corrected chi connectivity index (χ0v) is 13.0. The molecule has 2 aliphatic heterocycles. The molecule has 4 rings (SSSR count). The lowest BCUT2D eigenvalue weighted by Gasteiger charge is -2.42. The molecular formula is C18H21NO3. The van der Waals surface area contributed by atoms with Gasteiger partial charge in [0.25, 0.3) is 0 Å². The number of benzene rings is 1. The molecular weight excluding hydrogens is 278 g/mol. The Bertz CT molecular complexity index is 706. The lowest BCUT2D eigenvalue weighted by Crippen LogP contribution is -2.49. The Labute approximate surface area is 130 Å². The molecule has 0 amide bonds. The highest BCUT2D eigenvalue weighted by molar-refractivity contribution is 5.94. The Balaban J connectivity index is 1.54. The average Bonchev–Trinajstić information content (AvgIpc) is 3.02. The minimum Gasteiger partial charge on any atom is -0.464 e. The molecule has 2 fully saturated rings. The Morgan fingerprint density at radius 3 is 2.73 bits per heavy atom. The fraction of sp³-hybridized carbons (Fsp3) is 0.500. The van der Waals surface area contributed by atoms with Crippen LogP contribution in [0.3, 0.4) is 0 Å². The van der Waals surface area contributed by atoms with Crippen LogP contribution in [0, 0.1) is 0 Å². The third kappa shape index (κ3) is 2.22. The number of piperidine rings is 1. The van der Waals surface area contributed by atoms with E-state index in [2.05, 4.69) is 18.9 Å². The van der Waals surface area contributed by atoms with Gasteiger partial charge < -0.3 is 14.1 Å².